The number of nitrogens with zero attached hydrogens (tertiary/aromatic N) is 3. The Balaban J connectivity index is 1.54. The average Bonchev–Trinajstić information content (AvgIpc) is 3.09. The van der Waals surface area contributed by atoms with Crippen LogP contribution in [0.25, 0.3) is 0 Å². The maximum Gasteiger partial charge on any atom is 0.322 e. The SMILES string of the molecule is CS(=O)(=O)N1CCCCC1C(=O)Nc1nnc(CCSc2ccccc2)o1. The van der Waals surface area contributed by atoms with Gasteiger partial charge in [0.25, 0.3) is 0 Å². The van der Waals surface area contributed by atoms with Crippen LogP contribution in [0.2, 0.25) is 0 Å². The maximum absolute atomic E-state index is 12.5. The first-order chi connectivity index (χ1) is 12.9. The number of aryl methyl sites for hydroxylation is 1. The lowest BCUT2D eigenvalue weighted by Crippen LogP contribution is -2.49. The smallest absolute Gasteiger partial charge is 0.322 e. The van der Waals surface area contributed by atoms with Crippen LogP contribution in [0.5, 0.6) is 0 Å². The van der Waals surface area contributed by atoms with E-state index in [1.807, 2.05) is 30.3 Å². The number of rotatable bonds is 7. The molecule has 2 aromatic rings. The number of nitrogens with one attached hydrogen (secondary N) is 1. The minimum atomic E-state index is -3.44. The predicted octanol–water partition coefficient (Wildman–Crippen LogP) is 2.16. The molecule has 0 radical (unpaired) electrons. The van der Waals surface area contributed by atoms with E-state index in [4.69, 9.17) is 4.42 Å². The number of amides is 1. The second-order valence-corrected chi connectivity index (χ2v) is 9.39. The lowest BCUT2D eigenvalue weighted by Gasteiger charge is -2.32. The number of anilines is 1. The molecule has 3 rings (SSSR count). The number of carbonyl (C=O) groups excluding carboxylic acids is 1. The third-order valence-corrected chi connectivity index (χ3v) is 6.51. The molecular formula is C17H22N4O4S2. The number of hydrogen-bond donors (Lipinski definition) is 1. The van der Waals surface area contributed by atoms with Crippen LogP contribution >= 0.6 is 11.8 Å². The first-order valence-corrected chi connectivity index (χ1v) is 11.5. The van der Waals surface area contributed by atoms with Gasteiger partial charge in [-0.2, -0.15) is 4.31 Å². The number of hydrogen-bond acceptors (Lipinski definition) is 7. The molecule has 1 fully saturated rings. The van der Waals surface area contributed by atoms with E-state index >= 15 is 0 Å². The number of piperidine rings is 1. The molecule has 1 unspecified atom stereocenters. The summed E-state index contributed by atoms with van der Waals surface area (Å²) < 4.78 is 30.5. The van der Waals surface area contributed by atoms with Crippen molar-refractivity contribution in [2.75, 3.05) is 23.9 Å². The molecule has 0 aliphatic carbocycles. The Hall–Kier alpha value is -1.91. The topological polar surface area (TPSA) is 105 Å². The van der Waals surface area contributed by atoms with Gasteiger partial charge in [0, 0.05) is 23.6 Å². The number of thioether (sulfide) groups is 1. The fourth-order valence-electron chi connectivity index (χ4n) is 2.93. The number of carbonyl (C=O) groups is 1. The zero-order chi connectivity index (χ0) is 19.3. The first-order valence-electron chi connectivity index (χ1n) is 8.71. The van der Waals surface area contributed by atoms with Gasteiger partial charge in [0.1, 0.15) is 6.04 Å². The van der Waals surface area contributed by atoms with Crippen LogP contribution in [0.15, 0.2) is 39.6 Å². The average molecular weight is 411 g/mol. The lowest BCUT2D eigenvalue weighted by molar-refractivity contribution is -0.120. The fraction of sp³-hybridized carbons (Fsp3) is 0.471. The minimum Gasteiger partial charge on any atom is -0.408 e. The quantitative estimate of drug-likeness (QED) is 0.697. The second kappa shape index (κ2) is 8.85. The van der Waals surface area contributed by atoms with E-state index in [0.717, 1.165) is 29.7 Å². The van der Waals surface area contributed by atoms with E-state index in [1.165, 1.54) is 4.31 Å². The summed E-state index contributed by atoms with van der Waals surface area (Å²) in [5, 5.41) is 10.3. The second-order valence-electron chi connectivity index (χ2n) is 6.29. The van der Waals surface area contributed by atoms with Crippen molar-refractivity contribution in [1.82, 2.24) is 14.5 Å². The van der Waals surface area contributed by atoms with Crippen molar-refractivity contribution in [3.8, 4) is 0 Å². The molecule has 0 spiro atoms. The molecule has 2 heterocycles. The molecule has 1 aromatic heterocycles. The highest BCUT2D eigenvalue weighted by Gasteiger charge is 2.35. The summed E-state index contributed by atoms with van der Waals surface area (Å²) in [7, 11) is -3.44. The summed E-state index contributed by atoms with van der Waals surface area (Å²) in [5.41, 5.74) is 0. The molecule has 1 aliphatic heterocycles. The van der Waals surface area contributed by atoms with E-state index in [2.05, 4.69) is 15.5 Å². The van der Waals surface area contributed by atoms with Crippen molar-refractivity contribution in [3.05, 3.63) is 36.2 Å². The van der Waals surface area contributed by atoms with Gasteiger partial charge in [0.15, 0.2) is 0 Å². The van der Waals surface area contributed by atoms with Crippen LogP contribution in [0, 0.1) is 0 Å². The van der Waals surface area contributed by atoms with Crippen molar-refractivity contribution >= 4 is 33.7 Å². The van der Waals surface area contributed by atoms with Crippen LogP contribution in [-0.2, 0) is 21.2 Å². The number of benzene rings is 1. The molecule has 27 heavy (non-hydrogen) atoms. The molecule has 1 atom stereocenters. The highest BCUT2D eigenvalue weighted by molar-refractivity contribution is 7.99. The minimum absolute atomic E-state index is 0.00117. The van der Waals surface area contributed by atoms with Gasteiger partial charge in [0.05, 0.1) is 6.26 Å². The zero-order valence-corrected chi connectivity index (χ0v) is 16.6. The summed E-state index contributed by atoms with van der Waals surface area (Å²) in [6.07, 6.45) is 3.72. The van der Waals surface area contributed by atoms with Gasteiger partial charge in [0.2, 0.25) is 21.8 Å². The summed E-state index contributed by atoms with van der Waals surface area (Å²) in [6.45, 7) is 0.350. The van der Waals surface area contributed by atoms with Crippen molar-refractivity contribution in [2.45, 2.75) is 36.6 Å². The van der Waals surface area contributed by atoms with Crippen molar-refractivity contribution in [2.24, 2.45) is 0 Å². The molecule has 8 nitrogen and oxygen atoms in total. The van der Waals surface area contributed by atoms with Crippen LogP contribution in [0.3, 0.4) is 0 Å². The highest BCUT2D eigenvalue weighted by Crippen LogP contribution is 2.22. The van der Waals surface area contributed by atoms with Crippen LogP contribution in [0.1, 0.15) is 25.2 Å². The van der Waals surface area contributed by atoms with Crippen LogP contribution in [-0.4, -0.2) is 53.4 Å². The monoisotopic (exact) mass is 410 g/mol. The molecule has 10 heteroatoms. The fourth-order valence-corrected chi connectivity index (χ4v) is 4.92. The standard InChI is InChI=1S/C17H22N4O4S2/c1-27(23,24)21-11-6-5-9-14(21)16(22)18-17-20-19-15(25-17)10-12-26-13-7-3-2-4-8-13/h2-4,7-8,14H,5-6,9-12H2,1H3,(H,18,20,22). The Morgan fingerprint density at radius 3 is 2.81 bits per heavy atom. The molecular weight excluding hydrogens is 388 g/mol. The van der Waals surface area contributed by atoms with Crippen LogP contribution in [0.4, 0.5) is 6.01 Å². The van der Waals surface area contributed by atoms with E-state index in [1.54, 1.807) is 11.8 Å². The Bertz CT molecular complexity index is 870. The first kappa shape index (κ1) is 19.8. The normalized spacial score (nSPS) is 18.3. The third-order valence-electron chi connectivity index (χ3n) is 4.21. The summed E-state index contributed by atoms with van der Waals surface area (Å²) in [5.74, 6) is 0.760. The highest BCUT2D eigenvalue weighted by atomic mass is 32.2. The Morgan fingerprint density at radius 2 is 2.07 bits per heavy atom. The van der Waals surface area contributed by atoms with E-state index < -0.39 is 22.0 Å². The third kappa shape index (κ3) is 5.53. The largest absolute Gasteiger partial charge is 0.408 e. The van der Waals surface area contributed by atoms with Gasteiger partial charge in [-0.1, -0.05) is 29.7 Å². The molecule has 1 aromatic carbocycles. The number of sulfonamides is 1. The Morgan fingerprint density at radius 1 is 1.30 bits per heavy atom. The molecule has 1 amide bonds. The Labute approximate surface area is 162 Å². The molecule has 1 N–H and O–H groups in total. The maximum atomic E-state index is 12.5. The van der Waals surface area contributed by atoms with Gasteiger partial charge >= 0.3 is 6.01 Å². The van der Waals surface area contributed by atoms with Crippen molar-refractivity contribution < 1.29 is 17.6 Å². The van der Waals surface area contributed by atoms with Crippen LogP contribution < -0.4 is 5.32 Å². The molecule has 0 saturated carbocycles. The zero-order valence-electron chi connectivity index (χ0n) is 15.0. The van der Waals surface area contributed by atoms with Gasteiger partial charge < -0.3 is 4.42 Å². The van der Waals surface area contributed by atoms with Gasteiger partial charge in [-0.05, 0) is 25.0 Å². The summed E-state index contributed by atoms with van der Waals surface area (Å²) in [6, 6.07) is 9.25. The van der Waals surface area contributed by atoms with Crippen molar-refractivity contribution in [1.29, 1.82) is 0 Å². The predicted molar refractivity (Wildman–Crippen MR) is 103 cm³/mol. The Kier molecular flexibility index (Phi) is 6.51. The van der Waals surface area contributed by atoms with E-state index in [9.17, 15) is 13.2 Å². The number of aromatic nitrogens is 2. The van der Waals surface area contributed by atoms with Gasteiger partial charge in [-0.3, -0.25) is 10.1 Å². The molecule has 0 bridgehead atoms. The van der Waals surface area contributed by atoms with Gasteiger partial charge in [-0.15, -0.1) is 16.9 Å². The van der Waals surface area contributed by atoms with E-state index in [-0.39, 0.29) is 6.01 Å². The molecule has 146 valence electrons. The summed E-state index contributed by atoms with van der Waals surface area (Å²) in [4.78, 5) is 13.6. The lowest BCUT2D eigenvalue weighted by atomic mass is 10.0. The summed E-state index contributed by atoms with van der Waals surface area (Å²) >= 11 is 1.68. The van der Waals surface area contributed by atoms with Crippen molar-refractivity contribution in [3.63, 3.8) is 0 Å². The van der Waals surface area contributed by atoms with Gasteiger partial charge in [-0.25, -0.2) is 8.42 Å². The van der Waals surface area contributed by atoms with E-state index in [0.29, 0.717) is 25.3 Å². The molecule has 1 saturated heterocycles. The molecule has 1 aliphatic rings.